The summed E-state index contributed by atoms with van der Waals surface area (Å²) in [6.07, 6.45) is 6.49. The van der Waals surface area contributed by atoms with E-state index >= 15 is 0 Å². The third-order valence-corrected chi connectivity index (χ3v) is 7.02. The normalized spacial score (nSPS) is 17.6. The topological polar surface area (TPSA) is 84.3 Å². The molecule has 1 N–H and O–H groups in total. The summed E-state index contributed by atoms with van der Waals surface area (Å²) in [5, 5.41) is 3.06. The lowest BCUT2D eigenvalue weighted by Crippen LogP contribution is -2.43. The first-order valence-corrected chi connectivity index (χ1v) is 10.9. The maximum atomic E-state index is 12.6. The second kappa shape index (κ2) is 8.22. The van der Waals surface area contributed by atoms with E-state index in [2.05, 4.69) is 10.3 Å². The van der Waals surface area contributed by atoms with Gasteiger partial charge in [-0.15, -0.1) is 0 Å². The van der Waals surface area contributed by atoms with Crippen molar-refractivity contribution in [3.63, 3.8) is 0 Å². The van der Waals surface area contributed by atoms with Gasteiger partial charge in [-0.3, -0.25) is 4.79 Å². The fraction of sp³-hybridized carbons (Fsp3) is 0.474. The number of nitrogens with zero attached hydrogens (tertiary/aromatic N) is 3. The molecule has 0 saturated carbocycles. The molecule has 8 heteroatoms. The Balaban J connectivity index is 1.55. The summed E-state index contributed by atoms with van der Waals surface area (Å²) in [4.78, 5) is 16.6. The Labute approximate surface area is 160 Å². The Morgan fingerprint density at radius 3 is 2.48 bits per heavy atom. The van der Waals surface area contributed by atoms with Crippen LogP contribution in [0, 0.1) is 5.92 Å². The molecule has 3 rings (SSSR count). The van der Waals surface area contributed by atoms with Crippen molar-refractivity contribution in [3.8, 4) is 5.69 Å². The van der Waals surface area contributed by atoms with Gasteiger partial charge in [0.1, 0.15) is 0 Å². The third-order valence-electron chi connectivity index (χ3n) is 5.14. The molecule has 0 unspecified atom stereocenters. The number of nitrogens with one attached hydrogen (secondary N) is 1. The predicted molar refractivity (Wildman–Crippen MR) is 104 cm³/mol. The zero-order chi connectivity index (χ0) is 19.4. The molecule has 1 aliphatic rings. The third kappa shape index (κ3) is 4.56. The fourth-order valence-corrected chi connectivity index (χ4v) is 4.47. The molecule has 0 bridgehead atoms. The number of amides is 1. The molecular weight excluding hydrogens is 364 g/mol. The number of hydrogen-bond acceptors (Lipinski definition) is 4. The van der Waals surface area contributed by atoms with E-state index in [4.69, 9.17) is 0 Å². The molecule has 146 valence electrons. The van der Waals surface area contributed by atoms with E-state index in [0.29, 0.717) is 25.9 Å². The van der Waals surface area contributed by atoms with Gasteiger partial charge in [-0.05, 0) is 44.4 Å². The summed E-state index contributed by atoms with van der Waals surface area (Å²) >= 11 is 0. The van der Waals surface area contributed by atoms with Crippen LogP contribution in [-0.2, 0) is 14.8 Å². The number of carbonyl (C=O) groups excluding carboxylic acids is 1. The van der Waals surface area contributed by atoms with Crippen LogP contribution in [0.2, 0.25) is 0 Å². The van der Waals surface area contributed by atoms with Crippen molar-refractivity contribution in [1.82, 2.24) is 19.2 Å². The van der Waals surface area contributed by atoms with Gasteiger partial charge in [0.2, 0.25) is 15.9 Å². The zero-order valence-electron chi connectivity index (χ0n) is 15.7. The second-order valence-electron chi connectivity index (χ2n) is 6.87. The van der Waals surface area contributed by atoms with Crippen LogP contribution in [0.4, 0.5) is 0 Å². The van der Waals surface area contributed by atoms with Gasteiger partial charge < -0.3 is 9.88 Å². The molecule has 7 nitrogen and oxygen atoms in total. The summed E-state index contributed by atoms with van der Waals surface area (Å²) in [5.74, 6) is -0.0358. The molecule has 0 aliphatic carbocycles. The Kier molecular flexibility index (Phi) is 5.96. The quantitative estimate of drug-likeness (QED) is 0.819. The van der Waals surface area contributed by atoms with Crippen molar-refractivity contribution in [2.24, 2.45) is 5.92 Å². The number of aromatic nitrogens is 2. The van der Waals surface area contributed by atoms with Crippen molar-refractivity contribution >= 4 is 15.9 Å². The Morgan fingerprint density at radius 1 is 1.26 bits per heavy atom. The van der Waals surface area contributed by atoms with Crippen LogP contribution in [-0.4, -0.2) is 47.0 Å². The monoisotopic (exact) mass is 390 g/mol. The molecule has 2 aromatic rings. The van der Waals surface area contributed by atoms with Crippen LogP contribution in [0.3, 0.4) is 0 Å². The standard InChI is InChI=1S/C19H26N4O3S/c1-3-27(25,26)23-11-8-17(9-12-23)19(24)21-15(2)16-4-6-18(7-5-16)22-13-10-20-14-22/h4-7,10,13-15,17H,3,8-9,11-12H2,1-2H3,(H,21,24)/t15-/m1/s1. The first-order chi connectivity index (χ1) is 12.9. The highest BCUT2D eigenvalue weighted by Crippen LogP contribution is 2.22. The summed E-state index contributed by atoms with van der Waals surface area (Å²) in [6, 6.07) is 7.88. The fourth-order valence-electron chi connectivity index (χ4n) is 3.34. The lowest BCUT2D eigenvalue weighted by molar-refractivity contribution is -0.126. The molecular formula is C19H26N4O3S. The van der Waals surface area contributed by atoms with Gasteiger partial charge in [-0.2, -0.15) is 0 Å². The SMILES string of the molecule is CCS(=O)(=O)N1CCC(C(=O)N[C@H](C)c2ccc(-n3ccnc3)cc2)CC1. The van der Waals surface area contributed by atoms with E-state index in [1.165, 1.54) is 4.31 Å². The van der Waals surface area contributed by atoms with E-state index < -0.39 is 10.0 Å². The van der Waals surface area contributed by atoms with Crippen LogP contribution in [0.1, 0.15) is 38.3 Å². The van der Waals surface area contributed by atoms with Gasteiger partial charge in [0.15, 0.2) is 0 Å². The van der Waals surface area contributed by atoms with Crippen LogP contribution in [0.5, 0.6) is 0 Å². The molecule has 1 fully saturated rings. The van der Waals surface area contributed by atoms with Gasteiger partial charge in [-0.1, -0.05) is 12.1 Å². The minimum atomic E-state index is -3.16. The highest BCUT2D eigenvalue weighted by molar-refractivity contribution is 7.89. The summed E-state index contributed by atoms with van der Waals surface area (Å²) < 4.78 is 27.3. The van der Waals surface area contributed by atoms with Crippen molar-refractivity contribution in [2.45, 2.75) is 32.7 Å². The van der Waals surface area contributed by atoms with Crippen LogP contribution >= 0.6 is 0 Å². The number of benzene rings is 1. The van der Waals surface area contributed by atoms with Crippen molar-refractivity contribution < 1.29 is 13.2 Å². The van der Waals surface area contributed by atoms with E-state index in [1.54, 1.807) is 19.4 Å². The molecule has 1 aliphatic heterocycles. The molecule has 0 spiro atoms. The maximum Gasteiger partial charge on any atom is 0.223 e. The summed E-state index contributed by atoms with van der Waals surface area (Å²) in [5.41, 5.74) is 2.04. The van der Waals surface area contributed by atoms with Gasteiger partial charge in [0.25, 0.3) is 0 Å². The number of sulfonamides is 1. The Morgan fingerprint density at radius 2 is 1.93 bits per heavy atom. The summed E-state index contributed by atoms with van der Waals surface area (Å²) in [6.45, 7) is 4.44. The van der Waals surface area contributed by atoms with E-state index in [9.17, 15) is 13.2 Å². The van der Waals surface area contributed by atoms with Gasteiger partial charge >= 0.3 is 0 Å². The number of hydrogen-bond donors (Lipinski definition) is 1. The van der Waals surface area contributed by atoms with Crippen LogP contribution < -0.4 is 5.32 Å². The Bertz CT molecular complexity index is 855. The maximum absolute atomic E-state index is 12.6. The average Bonchev–Trinajstić information content (AvgIpc) is 3.23. The van der Waals surface area contributed by atoms with Crippen LogP contribution in [0.15, 0.2) is 43.0 Å². The predicted octanol–water partition coefficient (Wildman–Crippen LogP) is 2.11. The molecule has 1 amide bonds. The lowest BCUT2D eigenvalue weighted by atomic mass is 9.96. The molecule has 27 heavy (non-hydrogen) atoms. The molecule has 1 saturated heterocycles. The molecule has 2 heterocycles. The van der Waals surface area contributed by atoms with E-state index in [-0.39, 0.29) is 23.6 Å². The van der Waals surface area contributed by atoms with E-state index in [1.807, 2.05) is 42.0 Å². The first-order valence-electron chi connectivity index (χ1n) is 9.27. The number of imidazole rings is 1. The zero-order valence-corrected chi connectivity index (χ0v) is 16.5. The highest BCUT2D eigenvalue weighted by Gasteiger charge is 2.30. The minimum absolute atomic E-state index is 0.00488. The molecule has 0 radical (unpaired) electrons. The highest BCUT2D eigenvalue weighted by atomic mass is 32.2. The number of piperidine rings is 1. The van der Waals surface area contributed by atoms with Crippen molar-refractivity contribution in [3.05, 3.63) is 48.5 Å². The van der Waals surface area contributed by atoms with E-state index in [0.717, 1.165) is 11.3 Å². The van der Waals surface area contributed by atoms with Gasteiger partial charge in [0, 0.05) is 37.1 Å². The van der Waals surface area contributed by atoms with Gasteiger partial charge in [-0.25, -0.2) is 17.7 Å². The average molecular weight is 391 g/mol. The number of carbonyl (C=O) groups is 1. The number of rotatable bonds is 6. The van der Waals surface area contributed by atoms with Crippen LogP contribution in [0.25, 0.3) is 5.69 Å². The lowest BCUT2D eigenvalue weighted by Gasteiger charge is -2.31. The van der Waals surface area contributed by atoms with Crippen molar-refractivity contribution in [1.29, 1.82) is 0 Å². The second-order valence-corrected chi connectivity index (χ2v) is 9.12. The molecule has 1 aromatic carbocycles. The van der Waals surface area contributed by atoms with Gasteiger partial charge in [0.05, 0.1) is 18.1 Å². The minimum Gasteiger partial charge on any atom is -0.349 e. The summed E-state index contributed by atoms with van der Waals surface area (Å²) in [7, 11) is -3.16. The largest absolute Gasteiger partial charge is 0.349 e. The Hall–Kier alpha value is -2.19. The van der Waals surface area contributed by atoms with Crippen molar-refractivity contribution in [2.75, 3.05) is 18.8 Å². The first kappa shape index (κ1) is 19.6. The smallest absolute Gasteiger partial charge is 0.223 e. The molecule has 1 atom stereocenters. The molecule has 1 aromatic heterocycles.